The molecule has 2 rings (SSSR count). The zero-order valence-electron chi connectivity index (χ0n) is 13.5. The van der Waals surface area contributed by atoms with Crippen molar-refractivity contribution in [3.63, 3.8) is 0 Å². The Morgan fingerprint density at radius 1 is 1.25 bits per heavy atom. The van der Waals surface area contributed by atoms with E-state index >= 15 is 0 Å². The minimum atomic E-state index is 0.140. The van der Waals surface area contributed by atoms with Crippen LogP contribution < -0.4 is 10.2 Å². The number of halogens is 2. The number of pyridine rings is 1. The van der Waals surface area contributed by atoms with Crippen molar-refractivity contribution in [2.24, 2.45) is 4.99 Å². The van der Waals surface area contributed by atoms with Gasteiger partial charge in [0, 0.05) is 28.9 Å². The lowest BCUT2D eigenvalue weighted by molar-refractivity contribution is 0.234. The van der Waals surface area contributed by atoms with Gasteiger partial charge < -0.3 is 4.74 Å². The Kier molecular flexibility index (Phi) is 6.85. The SMILES string of the molecule is CCC(CC)N=C(NO)c1ccc(Oc2cc(Cl)ccc2Cl)nc1. The van der Waals surface area contributed by atoms with Crippen LogP contribution >= 0.6 is 23.2 Å². The summed E-state index contributed by atoms with van der Waals surface area (Å²) < 4.78 is 5.63. The molecule has 2 N–H and O–H groups in total. The number of benzene rings is 1. The highest BCUT2D eigenvalue weighted by atomic mass is 35.5. The number of nitrogens with zero attached hydrogens (tertiary/aromatic N) is 2. The zero-order valence-corrected chi connectivity index (χ0v) is 15.0. The van der Waals surface area contributed by atoms with E-state index in [0.29, 0.717) is 33.1 Å². The molecule has 0 bridgehead atoms. The van der Waals surface area contributed by atoms with E-state index < -0.39 is 0 Å². The van der Waals surface area contributed by atoms with E-state index in [0.717, 1.165) is 12.8 Å². The summed E-state index contributed by atoms with van der Waals surface area (Å²) in [5.74, 6) is 1.17. The van der Waals surface area contributed by atoms with Gasteiger partial charge in [0.05, 0.1) is 11.1 Å². The summed E-state index contributed by atoms with van der Waals surface area (Å²) in [5.41, 5.74) is 2.79. The molecule has 128 valence electrons. The number of hydrogen-bond acceptors (Lipinski definition) is 4. The molecular weight excluding hydrogens is 349 g/mol. The topological polar surface area (TPSA) is 66.7 Å². The largest absolute Gasteiger partial charge is 0.437 e. The van der Waals surface area contributed by atoms with E-state index in [2.05, 4.69) is 29.3 Å². The second-order valence-corrected chi connectivity index (χ2v) is 5.97. The lowest BCUT2D eigenvalue weighted by Gasteiger charge is -2.11. The Labute approximate surface area is 151 Å². The number of aromatic nitrogens is 1. The van der Waals surface area contributed by atoms with E-state index in [1.165, 1.54) is 0 Å². The molecule has 1 heterocycles. The van der Waals surface area contributed by atoms with Crippen LogP contribution in [0.4, 0.5) is 0 Å². The van der Waals surface area contributed by atoms with Crippen LogP contribution in [0, 0.1) is 0 Å². The van der Waals surface area contributed by atoms with Crippen LogP contribution in [0.15, 0.2) is 41.5 Å². The van der Waals surface area contributed by atoms with Crippen LogP contribution in [0.25, 0.3) is 0 Å². The first-order valence-electron chi connectivity index (χ1n) is 7.64. The van der Waals surface area contributed by atoms with Crippen LogP contribution in [-0.2, 0) is 0 Å². The van der Waals surface area contributed by atoms with Crippen LogP contribution in [-0.4, -0.2) is 22.1 Å². The molecule has 0 unspecified atom stereocenters. The molecular formula is C17H19Cl2N3O2. The second-order valence-electron chi connectivity index (χ2n) is 5.12. The molecule has 2 aromatic rings. The van der Waals surface area contributed by atoms with Crippen LogP contribution in [0.2, 0.25) is 10.0 Å². The third kappa shape index (κ3) is 4.84. The smallest absolute Gasteiger partial charge is 0.219 e. The van der Waals surface area contributed by atoms with Crippen LogP contribution in [0.3, 0.4) is 0 Å². The Hall–Kier alpha value is -1.82. The van der Waals surface area contributed by atoms with Gasteiger partial charge >= 0.3 is 0 Å². The minimum Gasteiger partial charge on any atom is -0.437 e. The quantitative estimate of drug-likeness (QED) is 0.423. The molecule has 0 amide bonds. The Morgan fingerprint density at radius 2 is 2.00 bits per heavy atom. The van der Waals surface area contributed by atoms with E-state index in [4.69, 9.17) is 27.9 Å². The molecule has 0 aliphatic heterocycles. The molecule has 0 atom stereocenters. The summed E-state index contributed by atoms with van der Waals surface area (Å²) in [6, 6.07) is 8.53. The fourth-order valence-electron chi connectivity index (χ4n) is 2.07. The molecule has 0 spiro atoms. The number of aliphatic imine (C=N–C) groups is 1. The minimum absolute atomic E-state index is 0.140. The summed E-state index contributed by atoms with van der Waals surface area (Å²) in [7, 11) is 0. The fourth-order valence-corrected chi connectivity index (χ4v) is 2.39. The van der Waals surface area contributed by atoms with Crippen molar-refractivity contribution < 1.29 is 9.94 Å². The average molecular weight is 368 g/mol. The van der Waals surface area contributed by atoms with Crippen molar-refractivity contribution in [2.45, 2.75) is 32.7 Å². The van der Waals surface area contributed by atoms with E-state index in [1.54, 1.807) is 36.5 Å². The number of amidine groups is 1. The highest BCUT2D eigenvalue weighted by molar-refractivity contribution is 6.34. The molecule has 0 fully saturated rings. The number of rotatable bonds is 6. The molecule has 0 saturated heterocycles. The predicted octanol–water partition coefficient (Wildman–Crippen LogP) is 5.09. The van der Waals surface area contributed by atoms with Gasteiger partial charge in [0.2, 0.25) is 5.88 Å². The summed E-state index contributed by atoms with van der Waals surface area (Å²) in [5, 5.41) is 10.3. The highest BCUT2D eigenvalue weighted by Crippen LogP contribution is 2.31. The molecule has 7 heteroatoms. The van der Waals surface area contributed by atoms with Crippen molar-refractivity contribution >= 4 is 29.0 Å². The van der Waals surface area contributed by atoms with Gasteiger partial charge in [-0.2, -0.15) is 0 Å². The third-order valence-corrected chi connectivity index (χ3v) is 4.02. The fraction of sp³-hybridized carbons (Fsp3) is 0.294. The number of ether oxygens (including phenoxy) is 1. The van der Waals surface area contributed by atoms with E-state index in [-0.39, 0.29) is 6.04 Å². The van der Waals surface area contributed by atoms with Gasteiger partial charge in [0.15, 0.2) is 5.84 Å². The van der Waals surface area contributed by atoms with Gasteiger partial charge in [-0.3, -0.25) is 15.7 Å². The van der Waals surface area contributed by atoms with Crippen molar-refractivity contribution in [3.05, 3.63) is 52.1 Å². The molecule has 1 aromatic heterocycles. The van der Waals surface area contributed by atoms with Gasteiger partial charge in [-0.05, 0) is 31.0 Å². The second kappa shape index (κ2) is 8.87. The first-order valence-corrected chi connectivity index (χ1v) is 8.40. The maximum atomic E-state index is 9.32. The molecule has 0 aliphatic carbocycles. The number of hydroxylamine groups is 1. The molecule has 0 aliphatic rings. The van der Waals surface area contributed by atoms with Crippen molar-refractivity contribution in [1.82, 2.24) is 10.5 Å². The van der Waals surface area contributed by atoms with Crippen LogP contribution in [0.5, 0.6) is 11.6 Å². The molecule has 24 heavy (non-hydrogen) atoms. The van der Waals surface area contributed by atoms with Gasteiger partial charge in [-0.1, -0.05) is 37.0 Å². The summed E-state index contributed by atoms with van der Waals surface area (Å²) >= 11 is 12.0. The zero-order chi connectivity index (χ0) is 17.5. The standard InChI is InChI=1S/C17H19Cl2N3O2/c1-3-13(4-2)21-17(22-23)11-5-8-16(20-10-11)24-15-9-12(18)6-7-14(15)19/h5-10,13,23H,3-4H2,1-2H3,(H,21,22). The summed E-state index contributed by atoms with van der Waals surface area (Å²) in [6.45, 7) is 4.10. The summed E-state index contributed by atoms with van der Waals surface area (Å²) in [6.07, 6.45) is 3.35. The molecule has 0 radical (unpaired) electrons. The first kappa shape index (κ1) is 18.5. The Bertz CT molecular complexity index is 701. The first-order chi connectivity index (χ1) is 11.6. The lowest BCUT2D eigenvalue weighted by Crippen LogP contribution is -2.23. The normalized spacial score (nSPS) is 11.7. The van der Waals surface area contributed by atoms with Gasteiger partial charge in [-0.15, -0.1) is 0 Å². The van der Waals surface area contributed by atoms with Gasteiger partial charge in [-0.25, -0.2) is 4.98 Å². The van der Waals surface area contributed by atoms with Gasteiger partial charge in [0.25, 0.3) is 0 Å². The monoisotopic (exact) mass is 367 g/mol. The van der Waals surface area contributed by atoms with Crippen molar-refractivity contribution in [3.8, 4) is 11.6 Å². The van der Waals surface area contributed by atoms with E-state index in [1.807, 2.05) is 0 Å². The third-order valence-electron chi connectivity index (χ3n) is 3.48. The van der Waals surface area contributed by atoms with Crippen molar-refractivity contribution in [2.75, 3.05) is 0 Å². The molecule has 0 saturated carbocycles. The molecule has 1 aromatic carbocycles. The number of nitrogens with one attached hydrogen (secondary N) is 1. The predicted molar refractivity (Wildman–Crippen MR) is 96.6 cm³/mol. The van der Waals surface area contributed by atoms with E-state index in [9.17, 15) is 5.21 Å². The lowest BCUT2D eigenvalue weighted by atomic mass is 10.2. The van der Waals surface area contributed by atoms with Gasteiger partial charge in [0.1, 0.15) is 5.75 Å². The van der Waals surface area contributed by atoms with Crippen molar-refractivity contribution in [1.29, 1.82) is 0 Å². The average Bonchev–Trinajstić information content (AvgIpc) is 2.60. The number of hydrogen-bond donors (Lipinski definition) is 2. The Balaban J connectivity index is 2.19. The summed E-state index contributed by atoms with van der Waals surface area (Å²) in [4.78, 5) is 8.69. The Morgan fingerprint density at radius 3 is 2.58 bits per heavy atom. The maximum absolute atomic E-state index is 9.32. The molecule has 5 nitrogen and oxygen atoms in total. The highest BCUT2D eigenvalue weighted by Gasteiger charge is 2.09. The van der Waals surface area contributed by atoms with Crippen LogP contribution in [0.1, 0.15) is 32.3 Å². The maximum Gasteiger partial charge on any atom is 0.219 e.